The molecule has 2 unspecified atom stereocenters. The van der Waals surface area contributed by atoms with Crippen LogP contribution in [0.3, 0.4) is 0 Å². The van der Waals surface area contributed by atoms with Crippen molar-refractivity contribution in [1.82, 2.24) is 20.4 Å². The van der Waals surface area contributed by atoms with Crippen molar-refractivity contribution in [3.8, 4) is 0 Å². The van der Waals surface area contributed by atoms with E-state index in [0.717, 1.165) is 25.2 Å². The molecule has 1 amide bonds. The van der Waals surface area contributed by atoms with Crippen LogP contribution in [-0.2, 0) is 4.79 Å². The number of allylic oxidation sites excluding steroid dienone is 1. The number of alkyl halides is 2. The fraction of sp³-hybridized carbons (Fsp3) is 0.750. The van der Waals surface area contributed by atoms with Gasteiger partial charge in [0.2, 0.25) is 5.91 Å². The molecule has 7 heteroatoms. The maximum atomic E-state index is 14.4. The summed E-state index contributed by atoms with van der Waals surface area (Å²) in [4.78, 5) is 16.9. The molecule has 5 nitrogen and oxygen atoms in total. The highest BCUT2D eigenvalue weighted by molar-refractivity contribution is 5.82. The molecule has 2 N–H and O–H groups in total. The second-order valence-corrected chi connectivity index (χ2v) is 8.72. The quantitative estimate of drug-likeness (QED) is 0.766. The minimum Gasteiger partial charge on any atom is -0.379 e. The first-order valence-electron chi connectivity index (χ1n) is 9.97. The number of piperazine rings is 1. The van der Waals surface area contributed by atoms with Crippen molar-refractivity contribution in [2.75, 3.05) is 32.7 Å². The lowest BCUT2D eigenvalue weighted by molar-refractivity contribution is -0.130. The molecular weight excluding hydrogens is 350 g/mol. The van der Waals surface area contributed by atoms with Crippen LogP contribution in [0.2, 0.25) is 0 Å². The Balaban J connectivity index is 1.79. The number of nitrogens with zero attached hydrogens (tertiary/aromatic N) is 2. The molecular formula is C20H32F2N4O. The molecule has 2 saturated heterocycles. The van der Waals surface area contributed by atoms with Crippen molar-refractivity contribution >= 4 is 5.91 Å². The van der Waals surface area contributed by atoms with E-state index >= 15 is 0 Å². The summed E-state index contributed by atoms with van der Waals surface area (Å²) in [6.45, 7) is 11.3. The van der Waals surface area contributed by atoms with Gasteiger partial charge in [0.15, 0.2) is 0 Å². The summed E-state index contributed by atoms with van der Waals surface area (Å²) in [5.74, 6) is -2.84. The summed E-state index contributed by atoms with van der Waals surface area (Å²) in [5, 5.41) is 6.24. The van der Waals surface area contributed by atoms with E-state index in [4.69, 9.17) is 0 Å². The Labute approximate surface area is 160 Å². The Morgan fingerprint density at radius 3 is 2.81 bits per heavy atom. The third-order valence-electron chi connectivity index (χ3n) is 5.73. The first-order valence-corrected chi connectivity index (χ1v) is 9.97. The Kier molecular flexibility index (Phi) is 5.64. The smallest absolute Gasteiger partial charge is 0.271 e. The van der Waals surface area contributed by atoms with E-state index in [1.165, 1.54) is 0 Å². The van der Waals surface area contributed by atoms with Crippen molar-refractivity contribution in [3.63, 3.8) is 0 Å². The predicted octanol–water partition coefficient (Wildman–Crippen LogP) is 2.32. The maximum Gasteiger partial charge on any atom is 0.271 e. The monoisotopic (exact) mass is 382 g/mol. The molecule has 0 saturated carbocycles. The van der Waals surface area contributed by atoms with Gasteiger partial charge in [-0.3, -0.25) is 9.69 Å². The normalized spacial score (nSPS) is 28.3. The zero-order valence-electron chi connectivity index (χ0n) is 16.8. The molecule has 152 valence electrons. The summed E-state index contributed by atoms with van der Waals surface area (Å²) < 4.78 is 28.9. The highest BCUT2D eigenvalue weighted by atomic mass is 19.3. The van der Waals surface area contributed by atoms with E-state index < -0.39 is 12.0 Å². The van der Waals surface area contributed by atoms with Crippen molar-refractivity contribution in [3.05, 3.63) is 23.5 Å². The lowest BCUT2D eigenvalue weighted by Crippen LogP contribution is -2.52. The number of hydrogen-bond donors (Lipinski definition) is 2. The molecule has 0 spiro atoms. The van der Waals surface area contributed by atoms with Gasteiger partial charge in [-0.25, -0.2) is 8.78 Å². The fourth-order valence-electron chi connectivity index (χ4n) is 4.27. The Bertz CT molecular complexity index is 644. The largest absolute Gasteiger partial charge is 0.379 e. The molecule has 0 aromatic carbocycles. The van der Waals surface area contributed by atoms with Crippen molar-refractivity contribution in [2.45, 2.75) is 58.5 Å². The summed E-state index contributed by atoms with van der Waals surface area (Å²) in [6.07, 6.45) is 3.51. The second kappa shape index (κ2) is 7.51. The molecule has 2 atom stereocenters. The van der Waals surface area contributed by atoms with Gasteiger partial charge < -0.3 is 15.5 Å². The lowest BCUT2D eigenvalue weighted by Gasteiger charge is -2.33. The molecule has 3 rings (SSSR count). The molecule has 3 heterocycles. The Hall–Kier alpha value is -1.47. The number of halogens is 2. The minimum absolute atomic E-state index is 0.00807. The van der Waals surface area contributed by atoms with Crippen LogP contribution in [0.25, 0.3) is 0 Å². The summed E-state index contributed by atoms with van der Waals surface area (Å²) >= 11 is 0. The van der Waals surface area contributed by atoms with E-state index in [9.17, 15) is 13.6 Å². The number of nitrogens with one attached hydrogen (secondary N) is 2. The van der Waals surface area contributed by atoms with Gasteiger partial charge in [0, 0.05) is 56.0 Å². The average molecular weight is 382 g/mol. The first-order chi connectivity index (χ1) is 12.6. The van der Waals surface area contributed by atoms with E-state index in [-0.39, 0.29) is 17.7 Å². The topological polar surface area (TPSA) is 47.6 Å². The van der Waals surface area contributed by atoms with E-state index in [0.29, 0.717) is 31.2 Å². The number of rotatable bonds is 5. The SMILES string of the molecule is CCCC(F)(F)C1C=C2C(=CN1)C(C)(C)CN2C(=O)CN1CCNC(C)C1. The third kappa shape index (κ3) is 4.19. The van der Waals surface area contributed by atoms with Gasteiger partial charge in [0.05, 0.1) is 6.54 Å². The third-order valence-corrected chi connectivity index (χ3v) is 5.73. The summed E-state index contributed by atoms with van der Waals surface area (Å²) in [7, 11) is 0. The van der Waals surface area contributed by atoms with Gasteiger partial charge in [-0.05, 0) is 18.6 Å². The van der Waals surface area contributed by atoms with E-state index in [1.807, 2.05) is 0 Å². The number of carbonyl (C=O) groups is 1. The van der Waals surface area contributed by atoms with Crippen LogP contribution < -0.4 is 10.6 Å². The van der Waals surface area contributed by atoms with Gasteiger partial charge in [0.1, 0.15) is 6.04 Å². The van der Waals surface area contributed by atoms with E-state index in [2.05, 4.69) is 36.3 Å². The van der Waals surface area contributed by atoms with Gasteiger partial charge in [-0.15, -0.1) is 0 Å². The summed E-state index contributed by atoms with van der Waals surface area (Å²) in [6, 6.07) is -0.716. The van der Waals surface area contributed by atoms with Crippen LogP contribution in [0.4, 0.5) is 8.78 Å². The van der Waals surface area contributed by atoms with Crippen LogP contribution in [0.5, 0.6) is 0 Å². The molecule has 27 heavy (non-hydrogen) atoms. The molecule has 2 fully saturated rings. The number of carbonyl (C=O) groups excluding carboxylic acids is 1. The Morgan fingerprint density at radius 2 is 2.15 bits per heavy atom. The van der Waals surface area contributed by atoms with Gasteiger partial charge >= 0.3 is 0 Å². The fourth-order valence-corrected chi connectivity index (χ4v) is 4.27. The maximum absolute atomic E-state index is 14.4. The minimum atomic E-state index is -2.83. The molecule has 0 radical (unpaired) electrons. The van der Waals surface area contributed by atoms with E-state index in [1.54, 1.807) is 24.1 Å². The predicted molar refractivity (Wildman–Crippen MR) is 102 cm³/mol. The number of amides is 1. The lowest BCUT2D eigenvalue weighted by atomic mass is 9.85. The summed E-state index contributed by atoms with van der Waals surface area (Å²) in [5.41, 5.74) is 1.34. The van der Waals surface area contributed by atoms with Crippen molar-refractivity contribution in [2.24, 2.45) is 5.41 Å². The molecule has 0 aromatic rings. The molecule has 0 aliphatic carbocycles. The molecule has 3 aliphatic heterocycles. The molecule has 0 bridgehead atoms. The zero-order chi connectivity index (χ0) is 19.8. The molecule has 0 aromatic heterocycles. The van der Waals surface area contributed by atoms with Crippen LogP contribution in [-0.4, -0.2) is 66.4 Å². The first kappa shape index (κ1) is 20.3. The number of dihydropyridines is 1. The average Bonchev–Trinajstić information content (AvgIpc) is 2.86. The zero-order valence-corrected chi connectivity index (χ0v) is 16.8. The highest BCUT2D eigenvalue weighted by Gasteiger charge is 2.46. The number of likely N-dealkylation sites (tertiary alicyclic amines) is 1. The van der Waals surface area contributed by atoms with Gasteiger partial charge in [-0.1, -0.05) is 27.2 Å². The van der Waals surface area contributed by atoms with Gasteiger partial charge in [-0.2, -0.15) is 0 Å². The second-order valence-electron chi connectivity index (χ2n) is 8.72. The van der Waals surface area contributed by atoms with Crippen molar-refractivity contribution < 1.29 is 13.6 Å². The standard InChI is InChI=1S/C20H32F2N4O/c1-5-6-20(21,22)17-9-16-15(10-24-17)19(3,4)13-26(16)18(27)12-25-8-7-23-14(2)11-25/h9-10,14,17,23-24H,5-8,11-13H2,1-4H3. The van der Waals surface area contributed by atoms with Crippen LogP contribution in [0.1, 0.15) is 40.5 Å². The van der Waals surface area contributed by atoms with Crippen LogP contribution in [0, 0.1) is 5.41 Å². The van der Waals surface area contributed by atoms with Gasteiger partial charge in [0.25, 0.3) is 5.92 Å². The van der Waals surface area contributed by atoms with Crippen LogP contribution in [0.15, 0.2) is 23.5 Å². The highest BCUT2D eigenvalue weighted by Crippen LogP contribution is 2.44. The van der Waals surface area contributed by atoms with Crippen molar-refractivity contribution in [1.29, 1.82) is 0 Å². The molecule has 3 aliphatic rings. The van der Waals surface area contributed by atoms with Crippen LogP contribution >= 0.6 is 0 Å². The number of fused-ring (bicyclic) bond motifs is 1. The Morgan fingerprint density at radius 1 is 1.41 bits per heavy atom. The number of hydrogen-bond acceptors (Lipinski definition) is 4.